The lowest BCUT2D eigenvalue weighted by Crippen LogP contribution is -2.49. The summed E-state index contributed by atoms with van der Waals surface area (Å²) in [6, 6.07) is 0. The van der Waals surface area contributed by atoms with Gasteiger partial charge in [-0.2, -0.15) is 8.42 Å². The summed E-state index contributed by atoms with van der Waals surface area (Å²) in [5.41, 5.74) is 0. The summed E-state index contributed by atoms with van der Waals surface area (Å²) in [4.78, 5) is 11.6. The number of hydrogen-bond acceptors (Lipinski definition) is 8. The third-order valence-corrected chi connectivity index (χ3v) is 2.57. The van der Waals surface area contributed by atoms with E-state index in [0.717, 1.165) is 6.08 Å². The van der Waals surface area contributed by atoms with Gasteiger partial charge in [0, 0.05) is 0 Å². The first kappa shape index (κ1) is 18.1. The Morgan fingerprint density at radius 1 is 1.32 bits per heavy atom. The summed E-state index contributed by atoms with van der Waals surface area (Å²) >= 11 is 0. The van der Waals surface area contributed by atoms with Gasteiger partial charge in [0.25, 0.3) is 0 Å². The van der Waals surface area contributed by atoms with E-state index in [0.29, 0.717) is 0 Å². The molecule has 0 fully saturated rings. The van der Waals surface area contributed by atoms with E-state index in [1.54, 1.807) is 0 Å². The molecule has 0 radical (unpaired) electrons. The Kier molecular flexibility index (Phi) is 7.29. The van der Waals surface area contributed by atoms with Crippen LogP contribution >= 0.6 is 0 Å². The number of Topliss-reactive ketones (excluding diaryl/α,β-unsaturated/α-hetero) is 1. The number of hydrogen-bond donors (Lipinski definition) is 5. The van der Waals surface area contributed by atoms with Crippen molar-refractivity contribution in [1.82, 2.24) is 0 Å². The zero-order valence-corrected chi connectivity index (χ0v) is 10.6. The number of carbonyl (C=O) groups excluding carboxylic acids is 1. The molecule has 0 aromatic carbocycles. The van der Waals surface area contributed by atoms with E-state index >= 15 is 0 Å². The molecule has 0 aliphatic carbocycles. The van der Waals surface area contributed by atoms with Crippen molar-refractivity contribution in [2.45, 2.75) is 30.8 Å². The van der Waals surface area contributed by atoms with Gasteiger partial charge in [0.15, 0.2) is 11.9 Å². The zero-order valence-electron chi connectivity index (χ0n) is 9.79. The molecular formula is C9H16O9S. The van der Waals surface area contributed by atoms with E-state index in [-0.39, 0.29) is 6.42 Å². The van der Waals surface area contributed by atoms with Crippen molar-refractivity contribution >= 4 is 16.2 Å². The molecule has 0 saturated carbocycles. The number of aliphatic hydroxyl groups is 4. The quantitative estimate of drug-likeness (QED) is 0.227. The Bertz CT molecular complexity index is 404. The summed E-state index contributed by atoms with van der Waals surface area (Å²) in [7, 11) is -5.11. The summed E-state index contributed by atoms with van der Waals surface area (Å²) in [5.74, 6) is -1.29. The summed E-state index contributed by atoms with van der Waals surface area (Å²) in [5, 5.41) is 36.6. The molecule has 19 heavy (non-hydrogen) atoms. The van der Waals surface area contributed by atoms with Crippen LogP contribution in [0.5, 0.6) is 0 Å². The Hall–Kier alpha value is -0.880. The molecule has 0 amide bonds. The SMILES string of the molecule is C=CCC(O)C(=O)[C@@H](OS(=O)(=O)O)[C@@H](O)[C@H](O)CO. The van der Waals surface area contributed by atoms with Crippen LogP contribution in [0.1, 0.15) is 6.42 Å². The molecule has 0 heterocycles. The zero-order chi connectivity index (χ0) is 15.2. The highest BCUT2D eigenvalue weighted by Crippen LogP contribution is 2.12. The van der Waals surface area contributed by atoms with Crippen molar-refractivity contribution in [3.63, 3.8) is 0 Å². The molecule has 0 bridgehead atoms. The number of aliphatic hydroxyl groups excluding tert-OH is 4. The minimum atomic E-state index is -5.11. The third kappa shape index (κ3) is 6.20. The Morgan fingerprint density at radius 2 is 1.84 bits per heavy atom. The molecule has 1 unspecified atom stereocenters. The first-order chi connectivity index (χ1) is 8.64. The molecule has 4 atom stereocenters. The van der Waals surface area contributed by atoms with E-state index in [1.165, 1.54) is 0 Å². The number of carbonyl (C=O) groups is 1. The van der Waals surface area contributed by atoms with Crippen LogP contribution in [0, 0.1) is 0 Å². The van der Waals surface area contributed by atoms with Crippen molar-refractivity contribution in [2.24, 2.45) is 0 Å². The van der Waals surface area contributed by atoms with Crippen LogP contribution in [0.3, 0.4) is 0 Å². The lowest BCUT2D eigenvalue weighted by molar-refractivity contribution is -0.145. The normalized spacial score (nSPS) is 18.4. The fraction of sp³-hybridized carbons (Fsp3) is 0.667. The van der Waals surface area contributed by atoms with Crippen molar-refractivity contribution in [3.05, 3.63) is 12.7 Å². The van der Waals surface area contributed by atoms with Crippen LogP contribution < -0.4 is 0 Å². The van der Waals surface area contributed by atoms with Gasteiger partial charge < -0.3 is 20.4 Å². The molecule has 10 heteroatoms. The smallest absolute Gasteiger partial charge is 0.394 e. The van der Waals surface area contributed by atoms with E-state index in [9.17, 15) is 23.4 Å². The van der Waals surface area contributed by atoms with Crippen LogP contribution in [0.2, 0.25) is 0 Å². The molecule has 0 aromatic rings. The van der Waals surface area contributed by atoms with Gasteiger partial charge in [-0.15, -0.1) is 6.58 Å². The van der Waals surface area contributed by atoms with Gasteiger partial charge in [-0.3, -0.25) is 9.35 Å². The van der Waals surface area contributed by atoms with Crippen LogP contribution in [0.15, 0.2) is 12.7 Å². The highest BCUT2D eigenvalue weighted by molar-refractivity contribution is 7.80. The molecule has 0 rings (SSSR count). The van der Waals surface area contributed by atoms with Crippen LogP contribution in [0.25, 0.3) is 0 Å². The Labute approximate surface area is 109 Å². The van der Waals surface area contributed by atoms with Crippen molar-refractivity contribution in [1.29, 1.82) is 0 Å². The maximum absolute atomic E-state index is 11.6. The number of ketones is 1. The first-order valence-electron chi connectivity index (χ1n) is 5.09. The van der Waals surface area contributed by atoms with Gasteiger partial charge in [-0.05, 0) is 6.42 Å². The molecule has 5 N–H and O–H groups in total. The fourth-order valence-electron chi connectivity index (χ4n) is 1.18. The summed E-state index contributed by atoms with van der Waals surface area (Å²) in [6.45, 7) is 2.25. The van der Waals surface area contributed by atoms with Gasteiger partial charge in [-0.1, -0.05) is 6.08 Å². The second-order valence-electron chi connectivity index (χ2n) is 3.63. The van der Waals surface area contributed by atoms with E-state index in [1.807, 2.05) is 0 Å². The first-order valence-corrected chi connectivity index (χ1v) is 6.46. The molecule has 0 spiro atoms. The maximum atomic E-state index is 11.6. The molecule has 112 valence electrons. The predicted octanol–water partition coefficient (Wildman–Crippen LogP) is -2.61. The van der Waals surface area contributed by atoms with Crippen molar-refractivity contribution in [2.75, 3.05) is 6.61 Å². The van der Waals surface area contributed by atoms with Gasteiger partial charge in [0.05, 0.1) is 6.61 Å². The molecule has 0 aliphatic heterocycles. The molecule has 0 aliphatic rings. The minimum absolute atomic E-state index is 0.258. The summed E-state index contributed by atoms with van der Waals surface area (Å²) < 4.78 is 33.5. The van der Waals surface area contributed by atoms with Gasteiger partial charge in [-0.25, -0.2) is 4.18 Å². The van der Waals surface area contributed by atoms with E-state index in [4.69, 9.17) is 14.8 Å². The standard InChI is InChI=1S/C9H16O9S/c1-2-3-5(11)7(13)9(18-19(15,16)17)8(14)6(12)4-10/h2,5-6,8-12,14H,1,3-4H2,(H,15,16,17)/t5?,6-,8+,9-/m1/s1. The van der Waals surface area contributed by atoms with Gasteiger partial charge >= 0.3 is 10.4 Å². The summed E-state index contributed by atoms with van der Waals surface area (Å²) in [6.07, 6.45) is -7.16. The predicted molar refractivity (Wildman–Crippen MR) is 61.3 cm³/mol. The largest absolute Gasteiger partial charge is 0.398 e. The highest BCUT2D eigenvalue weighted by atomic mass is 32.3. The number of rotatable bonds is 9. The topological polar surface area (TPSA) is 162 Å². The van der Waals surface area contributed by atoms with Gasteiger partial charge in [0.2, 0.25) is 0 Å². The second-order valence-corrected chi connectivity index (χ2v) is 4.68. The van der Waals surface area contributed by atoms with Crippen LogP contribution in [0.4, 0.5) is 0 Å². The molecule has 9 nitrogen and oxygen atoms in total. The maximum Gasteiger partial charge on any atom is 0.398 e. The van der Waals surface area contributed by atoms with Crippen LogP contribution in [-0.2, 0) is 19.4 Å². The average Bonchev–Trinajstić information content (AvgIpc) is 2.32. The highest BCUT2D eigenvalue weighted by Gasteiger charge is 2.38. The lowest BCUT2D eigenvalue weighted by atomic mass is 9.99. The minimum Gasteiger partial charge on any atom is -0.394 e. The molecule has 0 aromatic heterocycles. The molecular weight excluding hydrogens is 284 g/mol. The average molecular weight is 300 g/mol. The molecule has 0 saturated heterocycles. The Balaban J connectivity index is 5.16. The fourth-order valence-corrected chi connectivity index (χ4v) is 1.65. The van der Waals surface area contributed by atoms with Gasteiger partial charge in [0.1, 0.15) is 18.3 Å². The van der Waals surface area contributed by atoms with E-state index in [2.05, 4.69) is 10.8 Å². The monoisotopic (exact) mass is 300 g/mol. The van der Waals surface area contributed by atoms with Crippen LogP contribution in [-0.4, -0.2) is 70.2 Å². The second kappa shape index (κ2) is 7.65. The Morgan fingerprint density at radius 3 is 2.21 bits per heavy atom. The van der Waals surface area contributed by atoms with Crippen molar-refractivity contribution < 1.29 is 42.4 Å². The van der Waals surface area contributed by atoms with Crippen molar-refractivity contribution in [3.8, 4) is 0 Å². The lowest BCUT2D eigenvalue weighted by Gasteiger charge is -2.24. The van der Waals surface area contributed by atoms with E-state index < -0.39 is 47.2 Å². The third-order valence-electron chi connectivity index (χ3n) is 2.12.